The predicted molar refractivity (Wildman–Crippen MR) is 63.7 cm³/mol. The molecule has 0 heterocycles. The van der Waals surface area contributed by atoms with Crippen LogP contribution in [-0.2, 0) is 4.43 Å². The third kappa shape index (κ3) is 2.96. The summed E-state index contributed by atoms with van der Waals surface area (Å²) in [6, 6.07) is 0. The van der Waals surface area contributed by atoms with Gasteiger partial charge in [0, 0.05) is 6.10 Å². The molecule has 0 N–H and O–H groups in total. The quantitative estimate of drug-likeness (QED) is 0.629. The minimum absolute atomic E-state index is 0.331. The molecule has 0 bridgehead atoms. The van der Waals surface area contributed by atoms with Gasteiger partial charge >= 0.3 is 0 Å². The summed E-state index contributed by atoms with van der Waals surface area (Å²) < 4.78 is 6.31. The Morgan fingerprint density at radius 1 is 1.36 bits per heavy atom. The molecule has 0 fully saturated rings. The Morgan fingerprint density at radius 3 is 2.43 bits per heavy atom. The molecule has 1 unspecified atom stereocenters. The van der Waals surface area contributed by atoms with E-state index in [-0.39, 0.29) is 0 Å². The molecule has 0 aromatic rings. The summed E-state index contributed by atoms with van der Waals surface area (Å²) in [4.78, 5) is 0. The van der Waals surface area contributed by atoms with Gasteiger partial charge in [0.1, 0.15) is 0 Å². The van der Waals surface area contributed by atoms with E-state index in [1.807, 2.05) is 0 Å². The summed E-state index contributed by atoms with van der Waals surface area (Å²) >= 11 is 0. The molecule has 1 nitrogen and oxygen atoms in total. The summed E-state index contributed by atoms with van der Waals surface area (Å²) in [5.74, 6) is 0. The largest absolute Gasteiger partial charge is 0.414 e. The molecule has 1 aliphatic carbocycles. The van der Waals surface area contributed by atoms with Crippen molar-refractivity contribution >= 4 is 8.32 Å². The molecule has 0 aromatic carbocycles. The standard InChI is InChI=1S/C12H23OSi/c1-12(2,3)14(4,5)13-11-9-7-6-8-10-11/h7,11H,8-10H2,1-5H3. The Morgan fingerprint density at radius 2 is 2.00 bits per heavy atom. The van der Waals surface area contributed by atoms with E-state index in [0.717, 1.165) is 19.3 Å². The van der Waals surface area contributed by atoms with E-state index in [4.69, 9.17) is 4.43 Å². The fraction of sp³-hybridized carbons (Fsp3) is 0.833. The van der Waals surface area contributed by atoms with Crippen LogP contribution in [0.4, 0.5) is 0 Å². The Balaban J connectivity index is 2.54. The van der Waals surface area contributed by atoms with Crippen molar-refractivity contribution in [1.29, 1.82) is 0 Å². The highest BCUT2D eigenvalue weighted by molar-refractivity contribution is 6.74. The van der Waals surface area contributed by atoms with Gasteiger partial charge in [0.05, 0.1) is 0 Å². The molecule has 0 spiro atoms. The van der Waals surface area contributed by atoms with E-state index in [2.05, 4.69) is 46.0 Å². The van der Waals surface area contributed by atoms with Crippen LogP contribution in [0, 0.1) is 6.08 Å². The van der Waals surface area contributed by atoms with Gasteiger partial charge in [-0.25, -0.2) is 0 Å². The first-order valence-electron chi connectivity index (χ1n) is 5.56. The van der Waals surface area contributed by atoms with Crippen molar-refractivity contribution in [1.82, 2.24) is 0 Å². The molecule has 2 heteroatoms. The highest BCUT2D eigenvalue weighted by Gasteiger charge is 2.38. The van der Waals surface area contributed by atoms with Crippen LogP contribution in [0.3, 0.4) is 0 Å². The van der Waals surface area contributed by atoms with Gasteiger partial charge < -0.3 is 4.43 Å². The highest BCUT2D eigenvalue weighted by Crippen LogP contribution is 2.38. The summed E-state index contributed by atoms with van der Waals surface area (Å²) in [6.07, 6.45) is 9.13. The van der Waals surface area contributed by atoms with Crippen LogP contribution in [0.15, 0.2) is 6.08 Å². The number of hydrogen-bond acceptors (Lipinski definition) is 1. The van der Waals surface area contributed by atoms with Gasteiger partial charge in [-0.2, -0.15) is 0 Å². The summed E-state index contributed by atoms with van der Waals surface area (Å²) in [6.45, 7) is 11.5. The molecule has 0 amide bonds. The van der Waals surface area contributed by atoms with Crippen molar-refractivity contribution in [3.05, 3.63) is 12.2 Å². The van der Waals surface area contributed by atoms with Gasteiger partial charge in [0.15, 0.2) is 8.32 Å². The molecule has 0 saturated carbocycles. The van der Waals surface area contributed by atoms with Crippen molar-refractivity contribution in [2.24, 2.45) is 0 Å². The van der Waals surface area contributed by atoms with Gasteiger partial charge in [-0.05, 0) is 43.5 Å². The number of rotatable bonds is 2. The monoisotopic (exact) mass is 211 g/mol. The lowest BCUT2D eigenvalue weighted by Gasteiger charge is -2.39. The zero-order valence-corrected chi connectivity index (χ0v) is 11.2. The Labute approximate surface area is 89.7 Å². The lowest BCUT2D eigenvalue weighted by Crippen LogP contribution is -2.44. The van der Waals surface area contributed by atoms with Crippen molar-refractivity contribution < 1.29 is 4.43 Å². The van der Waals surface area contributed by atoms with Crippen LogP contribution in [0.1, 0.15) is 40.0 Å². The molecule has 0 aliphatic heterocycles. The molecule has 1 aliphatic rings. The Hall–Kier alpha value is -0.0831. The van der Waals surface area contributed by atoms with Gasteiger partial charge in [-0.15, -0.1) is 0 Å². The first kappa shape index (κ1) is 12.0. The maximum Gasteiger partial charge on any atom is 0.192 e. The third-order valence-electron chi connectivity index (χ3n) is 3.40. The lowest BCUT2D eigenvalue weighted by molar-refractivity contribution is 0.169. The van der Waals surface area contributed by atoms with E-state index in [1.54, 1.807) is 0 Å². The molecule has 1 atom stereocenters. The SMILES string of the molecule is CC(C)(C)[Si](C)(C)OC1CC=[C]CC1. The van der Waals surface area contributed by atoms with Gasteiger partial charge in [-0.1, -0.05) is 26.8 Å². The van der Waals surface area contributed by atoms with E-state index >= 15 is 0 Å². The average molecular weight is 211 g/mol. The summed E-state index contributed by atoms with van der Waals surface area (Å²) in [5, 5.41) is 0.331. The van der Waals surface area contributed by atoms with Gasteiger partial charge in [-0.3, -0.25) is 0 Å². The molecular formula is C12H23OSi. The van der Waals surface area contributed by atoms with Crippen molar-refractivity contribution in [2.75, 3.05) is 0 Å². The first-order chi connectivity index (χ1) is 6.33. The zero-order valence-electron chi connectivity index (χ0n) is 10.2. The second-order valence-corrected chi connectivity index (χ2v) is 10.4. The molecule has 14 heavy (non-hydrogen) atoms. The maximum atomic E-state index is 6.31. The molecule has 1 radical (unpaired) electrons. The summed E-state index contributed by atoms with van der Waals surface area (Å²) in [5.41, 5.74) is 0. The third-order valence-corrected chi connectivity index (χ3v) is 7.94. The zero-order chi connectivity index (χ0) is 10.8. The van der Waals surface area contributed by atoms with Crippen molar-refractivity contribution in [3.63, 3.8) is 0 Å². The molecule has 81 valence electrons. The molecular weight excluding hydrogens is 188 g/mol. The second-order valence-electron chi connectivity index (χ2n) is 5.68. The van der Waals surface area contributed by atoms with E-state index in [1.165, 1.54) is 0 Å². The number of allylic oxidation sites excluding steroid dienone is 1. The topological polar surface area (TPSA) is 9.23 Å². The van der Waals surface area contributed by atoms with Crippen LogP contribution in [0.2, 0.25) is 18.1 Å². The fourth-order valence-corrected chi connectivity index (χ4v) is 2.78. The van der Waals surface area contributed by atoms with Crippen molar-refractivity contribution in [3.8, 4) is 0 Å². The fourth-order valence-electron chi connectivity index (χ4n) is 1.38. The van der Waals surface area contributed by atoms with E-state index in [9.17, 15) is 0 Å². The second kappa shape index (κ2) is 4.19. The van der Waals surface area contributed by atoms with Gasteiger partial charge in [0.2, 0.25) is 0 Å². The van der Waals surface area contributed by atoms with Crippen LogP contribution in [0.5, 0.6) is 0 Å². The first-order valence-corrected chi connectivity index (χ1v) is 8.47. The van der Waals surface area contributed by atoms with E-state index in [0.29, 0.717) is 11.1 Å². The average Bonchev–Trinajstić information content (AvgIpc) is 2.03. The molecule has 0 aromatic heterocycles. The van der Waals surface area contributed by atoms with Crippen LogP contribution < -0.4 is 0 Å². The number of hydrogen-bond donors (Lipinski definition) is 0. The lowest BCUT2D eigenvalue weighted by atomic mass is 10.1. The van der Waals surface area contributed by atoms with Crippen LogP contribution in [0.25, 0.3) is 0 Å². The molecule has 1 rings (SSSR count). The maximum absolute atomic E-state index is 6.31. The smallest absolute Gasteiger partial charge is 0.192 e. The normalized spacial score (nSPS) is 23.9. The summed E-state index contributed by atoms with van der Waals surface area (Å²) in [7, 11) is -1.54. The van der Waals surface area contributed by atoms with Crippen LogP contribution in [-0.4, -0.2) is 14.4 Å². The van der Waals surface area contributed by atoms with Crippen molar-refractivity contribution in [2.45, 2.75) is 64.3 Å². The predicted octanol–water partition coefficient (Wildman–Crippen LogP) is 3.92. The van der Waals surface area contributed by atoms with Crippen LogP contribution >= 0.6 is 0 Å². The Kier molecular flexibility index (Phi) is 3.59. The minimum atomic E-state index is -1.54. The highest BCUT2D eigenvalue weighted by atomic mass is 28.4. The van der Waals surface area contributed by atoms with Gasteiger partial charge in [0.25, 0.3) is 0 Å². The minimum Gasteiger partial charge on any atom is -0.414 e. The molecule has 0 saturated heterocycles. The van der Waals surface area contributed by atoms with E-state index < -0.39 is 8.32 Å². The Bertz CT molecular complexity index is 213.